The monoisotopic (exact) mass is 255 g/mol. The van der Waals surface area contributed by atoms with Gasteiger partial charge < -0.3 is 10.4 Å². The first-order chi connectivity index (χ1) is 8.09. The zero-order chi connectivity index (χ0) is 12.3. The average molecular weight is 255 g/mol. The Balaban J connectivity index is 1.93. The normalized spacial score (nSPS) is 23.6. The number of carbonyl (C=O) groups excluding carboxylic acids is 1. The number of hydrogen-bond acceptors (Lipinski definition) is 3. The first-order valence-corrected chi connectivity index (χ1v) is 6.58. The second-order valence-electron chi connectivity index (χ2n) is 4.22. The number of carbonyl (C=O) groups is 1. The first-order valence-electron chi connectivity index (χ1n) is 5.43. The van der Waals surface area contributed by atoms with Crippen LogP contribution in [0.5, 0.6) is 0 Å². The summed E-state index contributed by atoms with van der Waals surface area (Å²) in [5.41, 5.74) is -0.535. The fourth-order valence-corrected chi connectivity index (χ4v) is 3.01. The van der Waals surface area contributed by atoms with Crippen molar-refractivity contribution >= 4 is 17.7 Å². The van der Waals surface area contributed by atoms with Crippen LogP contribution in [0.3, 0.4) is 0 Å². The number of hydrogen-bond donors (Lipinski definition) is 2. The minimum absolute atomic E-state index is 0.218. The lowest BCUT2D eigenvalue weighted by Gasteiger charge is -2.21. The first kappa shape index (κ1) is 12.4. The van der Waals surface area contributed by atoms with Crippen LogP contribution < -0.4 is 5.32 Å². The van der Waals surface area contributed by atoms with Crippen LogP contribution in [-0.4, -0.2) is 34.7 Å². The minimum Gasteiger partial charge on any atom is -0.387 e. The van der Waals surface area contributed by atoms with Crippen molar-refractivity contribution in [3.63, 3.8) is 0 Å². The zero-order valence-corrected chi connectivity index (χ0v) is 10.1. The van der Waals surface area contributed by atoms with Gasteiger partial charge in [0.25, 0.3) is 5.91 Å². The van der Waals surface area contributed by atoms with Gasteiger partial charge in [-0.1, -0.05) is 6.07 Å². The largest absolute Gasteiger partial charge is 0.387 e. The molecule has 0 saturated carbocycles. The van der Waals surface area contributed by atoms with Crippen molar-refractivity contribution in [3.8, 4) is 0 Å². The summed E-state index contributed by atoms with van der Waals surface area (Å²) in [6.45, 7) is 0.218. The Bertz CT molecular complexity index is 419. The lowest BCUT2D eigenvalue weighted by Crippen LogP contribution is -2.42. The molecule has 2 N–H and O–H groups in total. The van der Waals surface area contributed by atoms with Gasteiger partial charge in [0, 0.05) is 17.9 Å². The average Bonchev–Trinajstić information content (AvgIpc) is 2.74. The van der Waals surface area contributed by atoms with Gasteiger partial charge in [-0.05, 0) is 30.4 Å². The lowest BCUT2D eigenvalue weighted by molar-refractivity contribution is 0.0612. The predicted octanol–water partition coefficient (Wildman–Crippen LogP) is 1.42. The maximum absolute atomic E-state index is 12.9. The molecule has 0 radical (unpaired) electrons. The van der Waals surface area contributed by atoms with Crippen LogP contribution in [0.4, 0.5) is 4.39 Å². The molecule has 0 bridgehead atoms. The van der Waals surface area contributed by atoms with Crippen LogP contribution in [-0.2, 0) is 0 Å². The second-order valence-corrected chi connectivity index (χ2v) is 5.33. The summed E-state index contributed by atoms with van der Waals surface area (Å²) < 4.78 is 12.9. The van der Waals surface area contributed by atoms with E-state index in [1.165, 1.54) is 18.2 Å². The van der Waals surface area contributed by atoms with Crippen molar-refractivity contribution in [3.05, 3.63) is 35.6 Å². The minimum atomic E-state index is -0.812. The van der Waals surface area contributed by atoms with E-state index in [1.54, 1.807) is 17.8 Å². The molecule has 1 atom stereocenters. The van der Waals surface area contributed by atoms with Crippen LogP contribution in [0.1, 0.15) is 16.8 Å². The number of thioether (sulfide) groups is 1. The molecule has 17 heavy (non-hydrogen) atoms. The van der Waals surface area contributed by atoms with Crippen molar-refractivity contribution in [1.82, 2.24) is 5.32 Å². The quantitative estimate of drug-likeness (QED) is 0.859. The highest BCUT2D eigenvalue weighted by atomic mass is 32.2. The van der Waals surface area contributed by atoms with Crippen LogP contribution in [0, 0.1) is 5.82 Å². The highest BCUT2D eigenvalue weighted by molar-refractivity contribution is 7.99. The van der Waals surface area contributed by atoms with E-state index in [4.69, 9.17) is 0 Å². The summed E-state index contributed by atoms with van der Waals surface area (Å²) in [7, 11) is 0. The van der Waals surface area contributed by atoms with Gasteiger partial charge >= 0.3 is 0 Å². The molecule has 1 saturated heterocycles. The lowest BCUT2D eigenvalue weighted by atomic mass is 10.0. The third-order valence-corrected chi connectivity index (χ3v) is 3.98. The third-order valence-electron chi connectivity index (χ3n) is 2.75. The zero-order valence-electron chi connectivity index (χ0n) is 9.28. The standard InChI is InChI=1S/C12H14FNO2S/c13-10-3-1-2-9(6-10)11(15)14-7-12(16)4-5-17-8-12/h1-3,6,16H,4-5,7-8H2,(H,14,15). The molecule has 5 heteroatoms. The molecule has 0 spiro atoms. The number of nitrogens with one attached hydrogen (secondary N) is 1. The Hall–Kier alpha value is -1.07. The van der Waals surface area contributed by atoms with Gasteiger partial charge in [0.05, 0.1) is 5.60 Å². The van der Waals surface area contributed by atoms with Crippen LogP contribution in [0.2, 0.25) is 0 Å². The molecule has 1 aromatic carbocycles. The Morgan fingerprint density at radius 3 is 3.06 bits per heavy atom. The van der Waals surface area contributed by atoms with E-state index in [9.17, 15) is 14.3 Å². The molecule has 3 nitrogen and oxygen atoms in total. The fraction of sp³-hybridized carbons (Fsp3) is 0.417. The Morgan fingerprint density at radius 1 is 1.59 bits per heavy atom. The number of halogens is 1. The van der Waals surface area contributed by atoms with E-state index in [0.717, 1.165) is 5.75 Å². The van der Waals surface area contributed by atoms with Gasteiger partial charge in [0.15, 0.2) is 0 Å². The molecule has 1 fully saturated rings. The van der Waals surface area contributed by atoms with Gasteiger partial charge in [-0.15, -0.1) is 0 Å². The Labute approximate surface area is 103 Å². The van der Waals surface area contributed by atoms with Gasteiger partial charge in [0.1, 0.15) is 5.82 Å². The molecular weight excluding hydrogens is 241 g/mol. The van der Waals surface area contributed by atoms with E-state index in [0.29, 0.717) is 12.2 Å². The summed E-state index contributed by atoms with van der Waals surface area (Å²) >= 11 is 1.67. The highest BCUT2D eigenvalue weighted by Gasteiger charge is 2.31. The smallest absolute Gasteiger partial charge is 0.251 e. The summed E-state index contributed by atoms with van der Waals surface area (Å²) in [4.78, 5) is 11.7. The molecule has 2 rings (SSSR count). The van der Waals surface area contributed by atoms with Crippen molar-refractivity contribution in [1.29, 1.82) is 0 Å². The van der Waals surface area contributed by atoms with E-state index in [1.807, 2.05) is 0 Å². The SMILES string of the molecule is O=C(NCC1(O)CCSC1)c1cccc(F)c1. The number of rotatable bonds is 3. The molecule has 1 aliphatic rings. The summed E-state index contributed by atoms with van der Waals surface area (Å²) in [5, 5.41) is 12.7. The molecule has 0 aliphatic carbocycles. The van der Waals surface area contributed by atoms with Crippen LogP contribution >= 0.6 is 11.8 Å². The van der Waals surface area contributed by atoms with Crippen molar-refractivity contribution in [2.75, 3.05) is 18.1 Å². The molecule has 1 aliphatic heterocycles. The highest BCUT2D eigenvalue weighted by Crippen LogP contribution is 2.26. The van der Waals surface area contributed by atoms with Gasteiger partial charge in [-0.2, -0.15) is 11.8 Å². The fourth-order valence-electron chi connectivity index (χ4n) is 1.71. The molecule has 1 aromatic rings. The van der Waals surface area contributed by atoms with E-state index in [-0.39, 0.29) is 18.0 Å². The van der Waals surface area contributed by atoms with E-state index >= 15 is 0 Å². The molecule has 1 unspecified atom stereocenters. The number of amides is 1. The summed E-state index contributed by atoms with van der Waals surface area (Å²) in [5.74, 6) is 0.755. The van der Waals surface area contributed by atoms with Crippen LogP contribution in [0.25, 0.3) is 0 Å². The summed E-state index contributed by atoms with van der Waals surface area (Å²) in [6, 6.07) is 5.51. The Morgan fingerprint density at radius 2 is 2.41 bits per heavy atom. The molecule has 92 valence electrons. The second kappa shape index (κ2) is 5.06. The molecule has 1 heterocycles. The third kappa shape index (κ3) is 3.20. The van der Waals surface area contributed by atoms with Crippen molar-refractivity contribution in [2.45, 2.75) is 12.0 Å². The maximum Gasteiger partial charge on any atom is 0.251 e. The number of benzene rings is 1. The molecule has 1 amide bonds. The molecular formula is C12H14FNO2S. The van der Waals surface area contributed by atoms with Crippen molar-refractivity contribution < 1.29 is 14.3 Å². The number of aliphatic hydroxyl groups is 1. The Kier molecular flexibility index (Phi) is 3.69. The van der Waals surface area contributed by atoms with Gasteiger partial charge in [-0.25, -0.2) is 4.39 Å². The van der Waals surface area contributed by atoms with E-state index < -0.39 is 11.4 Å². The maximum atomic E-state index is 12.9. The summed E-state index contributed by atoms with van der Waals surface area (Å²) in [6.07, 6.45) is 0.682. The van der Waals surface area contributed by atoms with Gasteiger partial charge in [0.2, 0.25) is 0 Å². The van der Waals surface area contributed by atoms with Crippen molar-refractivity contribution in [2.24, 2.45) is 0 Å². The van der Waals surface area contributed by atoms with E-state index in [2.05, 4.69) is 5.32 Å². The van der Waals surface area contributed by atoms with Gasteiger partial charge in [-0.3, -0.25) is 4.79 Å². The topological polar surface area (TPSA) is 49.3 Å². The predicted molar refractivity (Wildman–Crippen MR) is 65.6 cm³/mol. The molecule has 0 aromatic heterocycles. The van der Waals surface area contributed by atoms with Crippen LogP contribution in [0.15, 0.2) is 24.3 Å².